The van der Waals surface area contributed by atoms with Crippen LogP contribution in [0.4, 0.5) is 28.8 Å². The van der Waals surface area contributed by atoms with E-state index < -0.39 is 0 Å². The second-order valence-corrected chi connectivity index (χ2v) is 5.93. The summed E-state index contributed by atoms with van der Waals surface area (Å²) in [5.74, 6) is 1.76. The van der Waals surface area contributed by atoms with Gasteiger partial charge < -0.3 is 20.7 Å². The number of nitrogens with one attached hydrogen (secondary N) is 3. The number of carbonyl (C=O) groups is 1. The Kier molecular flexibility index (Phi) is 5.51. The highest BCUT2D eigenvalue weighted by Crippen LogP contribution is 2.27. The minimum Gasteiger partial charge on any atom is -0.495 e. The van der Waals surface area contributed by atoms with Crippen LogP contribution in [0.5, 0.6) is 5.75 Å². The van der Waals surface area contributed by atoms with Gasteiger partial charge in [0.25, 0.3) is 0 Å². The van der Waals surface area contributed by atoms with Crippen molar-refractivity contribution >= 4 is 34.7 Å². The third-order valence-corrected chi connectivity index (χ3v) is 3.69. The highest BCUT2D eigenvalue weighted by molar-refractivity contribution is 5.88. The molecule has 0 aliphatic rings. The molecule has 0 aliphatic heterocycles. The van der Waals surface area contributed by atoms with Crippen molar-refractivity contribution in [3.05, 3.63) is 60.3 Å². The van der Waals surface area contributed by atoms with Gasteiger partial charge in [-0.1, -0.05) is 12.1 Å². The quantitative estimate of drug-likeness (QED) is 0.607. The number of aryl methyl sites for hydroxylation is 1. The fourth-order valence-corrected chi connectivity index (χ4v) is 2.54. The van der Waals surface area contributed by atoms with Crippen LogP contribution in [-0.2, 0) is 4.79 Å². The van der Waals surface area contributed by atoms with Crippen LogP contribution in [0.15, 0.2) is 54.6 Å². The van der Waals surface area contributed by atoms with Gasteiger partial charge in [-0.15, -0.1) is 0 Å². The SMILES string of the molecule is COc1ccccc1Nc1cc(C)nc(Nc2ccc(NC(C)=O)cc2)n1. The molecular formula is C20H21N5O2. The predicted octanol–water partition coefficient (Wildman–Crippen LogP) is 4.24. The molecule has 0 radical (unpaired) electrons. The third-order valence-electron chi connectivity index (χ3n) is 3.69. The molecule has 0 aliphatic carbocycles. The Balaban J connectivity index is 1.78. The zero-order valence-corrected chi connectivity index (χ0v) is 15.4. The van der Waals surface area contributed by atoms with E-state index in [1.165, 1.54) is 6.92 Å². The molecule has 0 saturated carbocycles. The van der Waals surface area contributed by atoms with Crippen LogP contribution in [0.1, 0.15) is 12.6 Å². The maximum absolute atomic E-state index is 11.1. The number of carbonyl (C=O) groups excluding carboxylic acids is 1. The van der Waals surface area contributed by atoms with Crippen molar-refractivity contribution < 1.29 is 9.53 Å². The first-order valence-corrected chi connectivity index (χ1v) is 8.44. The molecule has 7 nitrogen and oxygen atoms in total. The second-order valence-electron chi connectivity index (χ2n) is 5.93. The monoisotopic (exact) mass is 363 g/mol. The second kappa shape index (κ2) is 8.18. The van der Waals surface area contributed by atoms with Gasteiger partial charge in [0.1, 0.15) is 11.6 Å². The summed E-state index contributed by atoms with van der Waals surface area (Å²) in [5, 5.41) is 9.16. The molecule has 7 heteroatoms. The topological polar surface area (TPSA) is 88.2 Å². The molecule has 3 aromatic rings. The molecule has 1 heterocycles. The summed E-state index contributed by atoms with van der Waals surface area (Å²) in [6.45, 7) is 3.38. The van der Waals surface area contributed by atoms with Gasteiger partial charge in [-0.3, -0.25) is 4.79 Å². The summed E-state index contributed by atoms with van der Waals surface area (Å²) in [7, 11) is 1.63. The normalized spacial score (nSPS) is 10.2. The smallest absolute Gasteiger partial charge is 0.229 e. The fourth-order valence-electron chi connectivity index (χ4n) is 2.54. The van der Waals surface area contributed by atoms with E-state index in [0.717, 1.165) is 28.5 Å². The summed E-state index contributed by atoms with van der Waals surface area (Å²) < 4.78 is 5.36. The van der Waals surface area contributed by atoms with Crippen LogP contribution in [-0.4, -0.2) is 23.0 Å². The van der Waals surface area contributed by atoms with E-state index in [-0.39, 0.29) is 5.91 Å². The van der Waals surface area contributed by atoms with Gasteiger partial charge in [-0.05, 0) is 43.3 Å². The van der Waals surface area contributed by atoms with Crippen LogP contribution >= 0.6 is 0 Å². The van der Waals surface area contributed by atoms with E-state index in [9.17, 15) is 4.79 Å². The number of nitrogens with zero attached hydrogens (tertiary/aromatic N) is 2. The first-order chi connectivity index (χ1) is 13.0. The molecular weight excluding hydrogens is 342 g/mol. The van der Waals surface area contributed by atoms with Gasteiger partial charge in [0.05, 0.1) is 12.8 Å². The minimum atomic E-state index is -0.107. The van der Waals surface area contributed by atoms with E-state index in [4.69, 9.17) is 4.74 Å². The lowest BCUT2D eigenvalue weighted by Crippen LogP contribution is -2.06. The number of ether oxygens (including phenoxy) is 1. The molecule has 0 bridgehead atoms. The number of aromatic nitrogens is 2. The highest BCUT2D eigenvalue weighted by atomic mass is 16.5. The van der Waals surface area contributed by atoms with Crippen LogP contribution in [0, 0.1) is 6.92 Å². The molecule has 3 N–H and O–H groups in total. The van der Waals surface area contributed by atoms with Crippen molar-refractivity contribution in [3.63, 3.8) is 0 Å². The van der Waals surface area contributed by atoms with Gasteiger partial charge >= 0.3 is 0 Å². The van der Waals surface area contributed by atoms with Crippen molar-refractivity contribution in [3.8, 4) is 5.75 Å². The number of hydrogen-bond acceptors (Lipinski definition) is 6. The Morgan fingerprint density at radius 1 is 0.963 bits per heavy atom. The summed E-state index contributed by atoms with van der Waals surface area (Å²) in [6, 6.07) is 16.8. The van der Waals surface area contributed by atoms with Gasteiger partial charge in [0, 0.05) is 30.1 Å². The molecule has 2 aromatic carbocycles. The maximum Gasteiger partial charge on any atom is 0.229 e. The van der Waals surface area contributed by atoms with Crippen molar-refractivity contribution in [2.24, 2.45) is 0 Å². The maximum atomic E-state index is 11.1. The van der Waals surface area contributed by atoms with Gasteiger partial charge in [-0.25, -0.2) is 4.98 Å². The average Bonchev–Trinajstić information content (AvgIpc) is 2.63. The van der Waals surface area contributed by atoms with Crippen molar-refractivity contribution in [1.29, 1.82) is 0 Å². The zero-order chi connectivity index (χ0) is 19.2. The van der Waals surface area contributed by atoms with Crippen molar-refractivity contribution in [1.82, 2.24) is 9.97 Å². The first kappa shape index (κ1) is 18.2. The van der Waals surface area contributed by atoms with Crippen LogP contribution < -0.4 is 20.7 Å². The number of hydrogen-bond donors (Lipinski definition) is 3. The van der Waals surface area contributed by atoms with E-state index in [1.807, 2.05) is 61.5 Å². The molecule has 138 valence electrons. The average molecular weight is 363 g/mol. The molecule has 0 saturated heterocycles. The summed E-state index contributed by atoms with van der Waals surface area (Å²) in [5.41, 5.74) is 3.19. The molecule has 27 heavy (non-hydrogen) atoms. The number of para-hydroxylation sites is 2. The molecule has 1 aromatic heterocycles. The molecule has 0 spiro atoms. The Labute approximate surface area is 157 Å². The third kappa shape index (κ3) is 4.94. The first-order valence-electron chi connectivity index (χ1n) is 8.44. The van der Waals surface area contributed by atoms with Gasteiger partial charge in [-0.2, -0.15) is 4.98 Å². The predicted molar refractivity (Wildman–Crippen MR) is 107 cm³/mol. The van der Waals surface area contributed by atoms with E-state index in [1.54, 1.807) is 7.11 Å². The molecule has 0 atom stereocenters. The summed E-state index contributed by atoms with van der Waals surface area (Å²) >= 11 is 0. The number of amides is 1. The summed E-state index contributed by atoms with van der Waals surface area (Å²) in [6.07, 6.45) is 0. The Morgan fingerprint density at radius 3 is 2.37 bits per heavy atom. The van der Waals surface area contributed by atoms with Crippen LogP contribution in [0.25, 0.3) is 0 Å². The van der Waals surface area contributed by atoms with E-state index in [0.29, 0.717) is 11.8 Å². The largest absolute Gasteiger partial charge is 0.495 e. The molecule has 0 unspecified atom stereocenters. The zero-order valence-electron chi connectivity index (χ0n) is 15.4. The number of benzene rings is 2. The number of anilines is 5. The standard InChI is InChI=1S/C20H21N5O2/c1-13-12-19(24-17-6-4-5-7-18(17)27-3)25-20(21-13)23-16-10-8-15(9-11-16)22-14(2)26/h4-12H,1-3H3,(H,22,26)(H2,21,23,24,25). The Morgan fingerprint density at radius 2 is 1.67 bits per heavy atom. The lowest BCUT2D eigenvalue weighted by Gasteiger charge is -2.12. The Hall–Kier alpha value is -3.61. The molecule has 0 fully saturated rings. The lowest BCUT2D eigenvalue weighted by molar-refractivity contribution is -0.114. The molecule has 3 rings (SSSR count). The molecule has 1 amide bonds. The van der Waals surface area contributed by atoms with E-state index in [2.05, 4.69) is 25.9 Å². The Bertz CT molecular complexity index is 941. The van der Waals surface area contributed by atoms with Crippen molar-refractivity contribution in [2.45, 2.75) is 13.8 Å². The number of rotatable bonds is 6. The fraction of sp³-hybridized carbons (Fsp3) is 0.150. The van der Waals surface area contributed by atoms with E-state index >= 15 is 0 Å². The van der Waals surface area contributed by atoms with Crippen LogP contribution in [0.2, 0.25) is 0 Å². The lowest BCUT2D eigenvalue weighted by atomic mass is 10.2. The van der Waals surface area contributed by atoms with Crippen molar-refractivity contribution in [2.75, 3.05) is 23.1 Å². The van der Waals surface area contributed by atoms with Gasteiger partial charge in [0.2, 0.25) is 11.9 Å². The number of methoxy groups -OCH3 is 1. The highest BCUT2D eigenvalue weighted by Gasteiger charge is 2.07. The summed E-state index contributed by atoms with van der Waals surface area (Å²) in [4.78, 5) is 20.0. The van der Waals surface area contributed by atoms with Gasteiger partial charge in [0.15, 0.2) is 0 Å². The van der Waals surface area contributed by atoms with Crippen LogP contribution in [0.3, 0.4) is 0 Å². The minimum absolute atomic E-state index is 0.107.